The first kappa shape index (κ1) is 32.1. The molecule has 0 N–H and O–H groups in total. The number of rotatable bonds is 20. The van der Waals surface area contributed by atoms with Crippen LogP contribution in [0.5, 0.6) is 17.2 Å². The van der Waals surface area contributed by atoms with Crippen LogP contribution in [-0.4, -0.2) is 44.3 Å². The van der Waals surface area contributed by atoms with Gasteiger partial charge in [0, 0.05) is 18.2 Å². The summed E-state index contributed by atoms with van der Waals surface area (Å²) in [5, 5.41) is 0. The van der Waals surface area contributed by atoms with Gasteiger partial charge in [0.05, 0.1) is 26.4 Å². The van der Waals surface area contributed by atoms with Crippen molar-refractivity contribution in [2.45, 2.75) is 58.3 Å². The number of para-hydroxylation sites is 1. The van der Waals surface area contributed by atoms with E-state index in [1.165, 1.54) is 0 Å². The van der Waals surface area contributed by atoms with Crippen LogP contribution >= 0.6 is 0 Å². The van der Waals surface area contributed by atoms with Gasteiger partial charge in [-0.25, -0.2) is 14.4 Å². The number of hydrogen-bond donors (Lipinski definition) is 0. The first-order valence-corrected chi connectivity index (χ1v) is 13.7. The molecule has 0 saturated heterocycles. The second-order valence-corrected chi connectivity index (χ2v) is 9.08. The predicted octanol–water partition coefficient (Wildman–Crippen LogP) is 6.55. The van der Waals surface area contributed by atoms with Crippen LogP contribution in [-0.2, 0) is 19.1 Å². The van der Waals surface area contributed by atoms with Gasteiger partial charge in [-0.15, -0.1) is 0 Å². The molecule has 0 atom stereocenters. The van der Waals surface area contributed by atoms with Crippen molar-refractivity contribution in [3.8, 4) is 17.2 Å². The number of carbonyl (C=O) groups excluding carboxylic acids is 3. The fraction of sp³-hybridized carbons (Fsp3) is 0.406. The topological polar surface area (TPSA) is 97.4 Å². The predicted molar refractivity (Wildman–Crippen MR) is 153 cm³/mol. The van der Waals surface area contributed by atoms with E-state index in [-0.39, 0.29) is 0 Å². The van der Waals surface area contributed by atoms with E-state index in [1.54, 1.807) is 24.3 Å². The van der Waals surface area contributed by atoms with Gasteiger partial charge in [-0.1, -0.05) is 31.4 Å². The normalized spacial score (nSPS) is 10.3. The van der Waals surface area contributed by atoms with Crippen LogP contribution in [0.1, 0.15) is 67.3 Å². The molecule has 0 aromatic heterocycles. The highest BCUT2D eigenvalue weighted by Gasteiger charge is 2.17. The third-order valence-corrected chi connectivity index (χ3v) is 5.89. The molecule has 0 amide bonds. The van der Waals surface area contributed by atoms with Crippen molar-refractivity contribution >= 4 is 17.9 Å². The van der Waals surface area contributed by atoms with Crippen molar-refractivity contribution in [2.24, 2.45) is 0 Å². The fourth-order valence-corrected chi connectivity index (χ4v) is 3.66. The molecule has 0 fully saturated rings. The van der Waals surface area contributed by atoms with Crippen LogP contribution in [0.4, 0.5) is 0 Å². The van der Waals surface area contributed by atoms with E-state index in [4.69, 9.17) is 23.7 Å². The van der Waals surface area contributed by atoms with Crippen LogP contribution in [0.15, 0.2) is 67.8 Å². The Morgan fingerprint density at radius 3 is 1.80 bits per heavy atom. The third-order valence-electron chi connectivity index (χ3n) is 5.89. The summed E-state index contributed by atoms with van der Waals surface area (Å²) in [7, 11) is 0. The summed E-state index contributed by atoms with van der Waals surface area (Å²) in [5.41, 5.74) is 1.18. The molecule has 2 aromatic rings. The van der Waals surface area contributed by atoms with E-state index in [2.05, 4.69) is 13.2 Å². The Bertz CT molecular complexity index is 1110. The number of esters is 3. The molecule has 216 valence electrons. The lowest BCUT2D eigenvalue weighted by molar-refractivity contribution is -0.138. The van der Waals surface area contributed by atoms with Gasteiger partial charge in [0.15, 0.2) is 0 Å². The van der Waals surface area contributed by atoms with Crippen LogP contribution < -0.4 is 14.2 Å². The van der Waals surface area contributed by atoms with E-state index >= 15 is 0 Å². The smallest absolute Gasteiger partial charge is 0.347 e. The molecule has 0 aliphatic heterocycles. The van der Waals surface area contributed by atoms with E-state index < -0.39 is 17.9 Å². The lowest BCUT2D eigenvalue weighted by Gasteiger charge is -2.14. The summed E-state index contributed by atoms with van der Waals surface area (Å²) < 4.78 is 27.5. The van der Waals surface area contributed by atoms with E-state index in [9.17, 15) is 14.4 Å². The zero-order valence-electron chi connectivity index (χ0n) is 23.4. The summed E-state index contributed by atoms with van der Waals surface area (Å²) in [6.45, 7) is 10.3. The highest BCUT2D eigenvalue weighted by molar-refractivity contribution is 5.94. The van der Waals surface area contributed by atoms with Gasteiger partial charge in [-0.3, -0.25) is 0 Å². The van der Waals surface area contributed by atoms with Crippen molar-refractivity contribution in [1.82, 2.24) is 0 Å². The molecule has 0 heterocycles. The second kappa shape index (κ2) is 19.1. The molecule has 0 unspecified atom stereocenters. The number of unbranched alkanes of at least 4 members (excludes halogenated alkanes) is 6. The fourth-order valence-electron chi connectivity index (χ4n) is 3.66. The number of ether oxygens (including phenoxy) is 5. The molecule has 0 spiro atoms. The summed E-state index contributed by atoms with van der Waals surface area (Å²) in [6, 6.07) is 12.4. The largest absolute Gasteiger partial charge is 0.493 e. The van der Waals surface area contributed by atoms with E-state index in [0.717, 1.165) is 69.1 Å². The Kier molecular flexibility index (Phi) is 15.3. The molecule has 0 radical (unpaired) electrons. The maximum Gasteiger partial charge on any atom is 0.347 e. The van der Waals surface area contributed by atoms with Crippen molar-refractivity contribution < 1.29 is 38.1 Å². The highest BCUT2D eigenvalue weighted by Crippen LogP contribution is 2.28. The molecule has 2 aromatic carbocycles. The second-order valence-electron chi connectivity index (χ2n) is 9.08. The van der Waals surface area contributed by atoms with Crippen molar-refractivity contribution in [3.63, 3.8) is 0 Å². The molecule has 2 rings (SSSR count). The van der Waals surface area contributed by atoms with Gasteiger partial charge in [-0.2, -0.15) is 0 Å². The molecule has 8 heteroatoms. The van der Waals surface area contributed by atoms with E-state index in [1.807, 2.05) is 25.1 Å². The van der Waals surface area contributed by atoms with Gasteiger partial charge in [0.2, 0.25) is 0 Å². The molecule has 40 heavy (non-hydrogen) atoms. The SMILES string of the molecule is C=CC(=O)OCCCCCCOc1ccc(C(=O)Oc2ccccc2C)c(OCCCCCCOC(=O)C=C)c1. The van der Waals surface area contributed by atoms with Gasteiger partial charge in [0.25, 0.3) is 0 Å². The Balaban J connectivity index is 1.88. The van der Waals surface area contributed by atoms with Crippen molar-refractivity contribution in [3.05, 3.63) is 78.9 Å². The standard InChI is InChI=1S/C32H40O8/c1-4-30(33)38-22-14-8-6-12-20-36-26-18-19-27(32(35)40-28-17-11-10-16-25(28)3)29(24-26)37-21-13-7-9-15-23-39-31(34)5-2/h4-5,10-11,16-19,24H,1-2,6-9,12-15,20-23H2,3H3. The van der Waals surface area contributed by atoms with Crippen molar-refractivity contribution in [1.29, 1.82) is 0 Å². The number of aryl methyl sites for hydroxylation is 1. The minimum absolute atomic E-state index is 0.320. The van der Waals surface area contributed by atoms with Gasteiger partial charge < -0.3 is 23.7 Å². The maximum absolute atomic E-state index is 13.0. The third kappa shape index (κ3) is 12.7. The molecule has 0 bridgehead atoms. The summed E-state index contributed by atoms with van der Waals surface area (Å²) in [4.78, 5) is 35.2. The van der Waals surface area contributed by atoms with Crippen LogP contribution in [0.25, 0.3) is 0 Å². The number of hydrogen-bond acceptors (Lipinski definition) is 8. The average molecular weight is 553 g/mol. The first-order chi connectivity index (χ1) is 19.4. The molecular formula is C32H40O8. The molecule has 0 aliphatic rings. The molecule has 8 nitrogen and oxygen atoms in total. The number of benzene rings is 2. The Labute approximate surface area is 236 Å². The molecule has 0 saturated carbocycles. The average Bonchev–Trinajstić information content (AvgIpc) is 2.96. The summed E-state index contributed by atoms with van der Waals surface area (Å²) >= 11 is 0. The van der Waals surface area contributed by atoms with Crippen LogP contribution in [0.3, 0.4) is 0 Å². The summed E-state index contributed by atoms with van der Waals surface area (Å²) in [6.07, 6.45) is 9.09. The quantitative estimate of drug-likeness (QED) is 0.0789. The number of carbonyl (C=O) groups is 3. The minimum atomic E-state index is -0.503. The zero-order valence-corrected chi connectivity index (χ0v) is 23.4. The van der Waals surface area contributed by atoms with Gasteiger partial charge >= 0.3 is 17.9 Å². The monoisotopic (exact) mass is 552 g/mol. The Morgan fingerprint density at radius 1 is 0.675 bits per heavy atom. The lowest BCUT2D eigenvalue weighted by atomic mass is 10.1. The zero-order chi connectivity index (χ0) is 29.0. The van der Waals surface area contributed by atoms with Crippen molar-refractivity contribution in [2.75, 3.05) is 26.4 Å². The Hall–Kier alpha value is -4.07. The van der Waals surface area contributed by atoms with Gasteiger partial charge in [-0.05, 0) is 82.1 Å². The Morgan fingerprint density at radius 2 is 1.23 bits per heavy atom. The minimum Gasteiger partial charge on any atom is -0.493 e. The highest BCUT2D eigenvalue weighted by atomic mass is 16.5. The maximum atomic E-state index is 13.0. The van der Waals surface area contributed by atoms with Crippen LogP contribution in [0, 0.1) is 6.92 Å². The van der Waals surface area contributed by atoms with E-state index in [0.29, 0.717) is 49.2 Å². The summed E-state index contributed by atoms with van der Waals surface area (Å²) in [5.74, 6) is 0.180. The molecule has 0 aliphatic carbocycles. The van der Waals surface area contributed by atoms with Gasteiger partial charge in [0.1, 0.15) is 22.8 Å². The lowest BCUT2D eigenvalue weighted by Crippen LogP contribution is -2.12. The van der Waals surface area contributed by atoms with Crippen LogP contribution in [0.2, 0.25) is 0 Å². The molecular weight excluding hydrogens is 512 g/mol. The first-order valence-electron chi connectivity index (χ1n) is 13.7.